The summed E-state index contributed by atoms with van der Waals surface area (Å²) >= 11 is 9.60. The SMILES string of the molecule is CNC(c1ccc(Br)cc1Cl)C1CCS(=O)(=O)C1. The second kappa shape index (κ2) is 5.49. The average molecular weight is 353 g/mol. The largest absolute Gasteiger partial charge is 0.313 e. The van der Waals surface area contributed by atoms with Gasteiger partial charge in [0.2, 0.25) is 0 Å². The van der Waals surface area contributed by atoms with Crippen LogP contribution in [0.15, 0.2) is 22.7 Å². The molecule has 100 valence electrons. The van der Waals surface area contributed by atoms with Crippen molar-refractivity contribution in [2.24, 2.45) is 5.92 Å². The van der Waals surface area contributed by atoms with Crippen LogP contribution < -0.4 is 5.32 Å². The highest BCUT2D eigenvalue weighted by Gasteiger charge is 2.34. The fourth-order valence-corrected chi connectivity index (χ4v) is 5.12. The fourth-order valence-electron chi connectivity index (χ4n) is 2.49. The molecule has 0 bridgehead atoms. The predicted molar refractivity (Wildman–Crippen MR) is 77.7 cm³/mol. The van der Waals surface area contributed by atoms with E-state index >= 15 is 0 Å². The van der Waals surface area contributed by atoms with Gasteiger partial charge in [0.25, 0.3) is 0 Å². The Morgan fingerprint density at radius 1 is 1.50 bits per heavy atom. The molecule has 0 radical (unpaired) electrons. The summed E-state index contributed by atoms with van der Waals surface area (Å²) in [5.41, 5.74) is 0.962. The van der Waals surface area contributed by atoms with Crippen LogP contribution in [-0.2, 0) is 9.84 Å². The second-order valence-electron chi connectivity index (χ2n) is 4.60. The lowest BCUT2D eigenvalue weighted by atomic mass is 9.92. The Balaban J connectivity index is 2.29. The van der Waals surface area contributed by atoms with Crippen molar-refractivity contribution in [2.45, 2.75) is 12.5 Å². The topological polar surface area (TPSA) is 46.2 Å². The van der Waals surface area contributed by atoms with E-state index in [2.05, 4.69) is 21.2 Å². The molecule has 1 heterocycles. The smallest absolute Gasteiger partial charge is 0.150 e. The van der Waals surface area contributed by atoms with Gasteiger partial charge in [-0.15, -0.1) is 0 Å². The van der Waals surface area contributed by atoms with Gasteiger partial charge >= 0.3 is 0 Å². The Hall–Kier alpha value is -0.100. The van der Waals surface area contributed by atoms with Gasteiger partial charge in [0, 0.05) is 15.5 Å². The van der Waals surface area contributed by atoms with Gasteiger partial charge in [-0.25, -0.2) is 8.42 Å². The van der Waals surface area contributed by atoms with Crippen molar-refractivity contribution in [2.75, 3.05) is 18.6 Å². The number of hydrogen-bond acceptors (Lipinski definition) is 3. The van der Waals surface area contributed by atoms with E-state index in [1.165, 1.54) is 0 Å². The molecule has 2 rings (SSSR count). The number of sulfone groups is 1. The summed E-state index contributed by atoms with van der Waals surface area (Å²) < 4.78 is 24.0. The summed E-state index contributed by atoms with van der Waals surface area (Å²) in [6.07, 6.45) is 0.695. The minimum absolute atomic E-state index is 0.0112. The lowest BCUT2D eigenvalue weighted by molar-refractivity contribution is 0.419. The van der Waals surface area contributed by atoms with E-state index in [0.717, 1.165) is 10.0 Å². The summed E-state index contributed by atoms with van der Waals surface area (Å²) in [5.74, 6) is 0.619. The quantitative estimate of drug-likeness (QED) is 0.910. The van der Waals surface area contributed by atoms with Gasteiger partial charge < -0.3 is 5.32 Å². The predicted octanol–water partition coefficient (Wildman–Crippen LogP) is 2.80. The first-order valence-electron chi connectivity index (χ1n) is 5.75. The molecule has 1 aliphatic heterocycles. The fraction of sp³-hybridized carbons (Fsp3) is 0.500. The van der Waals surface area contributed by atoms with Gasteiger partial charge in [-0.05, 0) is 37.1 Å². The molecule has 0 spiro atoms. The maximum absolute atomic E-state index is 11.6. The molecule has 6 heteroatoms. The third-order valence-electron chi connectivity index (χ3n) is 3.35. The summed E-state index contributed by atoms with van der Waals surface area (Å²) in [6.45, 7) is 0. The van der Waals surface area contributed by atoms with Crippen LogP contribution in [0.2, 0.25) is 5.02 Å². The van der Waals surface area contributed by atoms with E-state index in [0.29, 0.717) is 11.4 Å². The van der Waals surface area contributed by atoms with Crippen LogP contribution in [0.4, 0.5) is 0 Å². The van der Waals surface area contributed by atoms with Crippen LogP contribution in [0.1, 0.15) is 18.0 Å². The minimum atomic E-state index is -2.87. The zero-order chi connectivity index (χ0) is 13.3. The first kappa shape index (κ1) is 14.3. The van der Waals surface area contributed by atoms with Crippen molar-refractivity contribution in [3.05, 3.63) is 33.3 Å². The molecule has 3 nitrogen and oxygen atoms in total. The Bertz CT molecular complexity index is 547. The van der Waals surface area contributed by atoms with E-state index in [4.69, 9.17) is 11.6 Å². The van der Waals surface area contributed by atoms with Crippen LogP contribution in [-0.4, -0.2) is 27.0 Å². The molecule has 2 atom stereocenters. The van der Waals surface area contributed by atoms with Gasteiger partial charge in [0.05, 0.1) is 11.5 Å². The van der Waals surface area contributed by atoms with Crippen molar-refractivity contribution in [1.29, 1.82) is 0 Å². The summed E-state index contributed by atoms with van der Waals surface area (Å²) in [6, 6.07) is 5.70. The van der Waals surface area contributed by atoms with Crippen molar-refractivity contribution in [3.63, 3.8) is 0 Å². The summed E-state index contributed by atoms with van der Waals surface area (Å²) in [7, 11) is -1.03. The van der Waals surface area contributed by atoms with Crippen molar-refractivity contribution in [1.82, 2.24) is 5.32 Å². The molecule has 0 saturated carbocycles. The molecule has 0 aliphatic carbocycles. The Labute approximate surface area is 121 Å². The highest BCUT2D eigenvalue weighted by atomic mass is 79.9. The molecule has 1 fully saturated rings. The summed E-state index contributed by atoms with van der Waals surface area (Å²) in [5, 5.41) is 3.85. The number of hydrogen-bond donors (Lipinski definition) is 1. The molecule has 2 unspecified atom stereocenters. The van der Waals surface area contributed by atoms with Crippen LogP contribution in [0.25, 0.3) is 0 Å². The summed E-state index contributed by atoms with van der Waals surface area (Å²) in [4.78, 5) is 0. The van der Waals surface area contributed by atoms with E-state index in [9.17, 15) is 8.42 Å². The third kappa shape index (κ3) is 3.07. The number of benzene rings is 1. The van der Waals surface area contributed by atoms with Crippen LogP contribution in [0.5, 0.6) is 0 Å². The normalized spacial score (nSPS) is 24.1. The maximum Gasteiger partial charge on any atom is 0.150 e. The van der Waals surface area contributed by atoms with E-state index in [-0.39, 0.29) is 23.5 Å². The van der Waals surface area contributed by atoms with Gasteiger partial charge in [0.1, 0.15) is 0 Å². The second-order valence-corrected chi connectivity index (χ2v) is 8.15. The highest BCUT2D eigenvalue weighted by molar-refractivity contribution is 9.10. The molecular formula is C12H15BrClNO2S. The van der Waals surface area contributed by atoms with Crippen molar-refractivity contribution >= 4 is 37.4 Å². The van der Waals surface area contributed by atoms with Crippen molar-refractivity contribution < 1.29 is 8.42 Å². The van der Waals surface area contributed by atoms with Gasteiger partial charge in [0.15, 0.2) is 9.84 Å². The van der Waals surface area contributed by atoms with Crippen LogP contribution in [0.3, 0.4) is 0 Å². The molecular weight excluding hydrogens is 338 g/mol. The number of halogens is 2. The zero-order valence-corrected chi connectivity index (χ0v) is 13.1. The lowest BCUT2D eigenvalue weighted by Crippen LogP contribution is -2.26. The Morgan fingerprint density at radius 3 is 2.72 bits per heavy atom. The maximum atomic E-state index is 11.6. The molecule has 1 aromatic carbocycles. The third-order valence-corrected chi connectivity index (χ3v) is 5.96. The first-order valence-corrected chi connectivity index (χ1v) is 8.75. The standard InChI is InChI=1S/C12H15BrClNO2S/c1-15-12(8-4-5-18(16,17)7-8)10-3-2-9(13)6-11(10)14/h2-3,6,8,12,15H,4-5,7H2,1H3. The minimum Gasteiger partial charge on any atom is -0.313 e. The monoisotopic (exact) mass is 351 g/mol. The first-order chi connectivity index (χ1) is 8.43. The van der Waals surface area contributed by atoms with Crippen LogP contribution >= 0.6 is 27.5 Å². The highest BCUT2D eigenvalue weighted by Crippen LogP contribution is 2.35. The average Bonchev–Trinajstić information content (AvgIpc) is 2.63. The van der Waals surface area contributed by atoms with Gasteiger partial charge in [-0.2, -0.15) is 0 Å². The van der Waals surface area contributed by atoms with E-state index in [1.54, 1.807) is 0 Å². The van der Waals surface area contributed by atoms with E-state index in [1.807, 2.05) is 25.2 Å². The van der Waals surface area contributed by atoms with Crippen molar-refractivity contribution in [3.8, 4) is 0 Å². The lowest BCUT2D eigenvalue weighted by Gasteiger charge is -2.23. The van der Waals surface area contributed by atoms with Gasteiger partial charge in [-0.3, -0.25) is 0 Å². The van der Waals surface area contributed by atoms with E-state index < -0.39 is 9.84 Å². The number of nitrogens with one attached hydrogen (secondary N) is 1. The molecule has 1 saturated heterocycles. The molecule has 18 heavy (non-hydrogen) atoms. The molecule has 0 amide bonds. The Kier molecular flexibility index (Phi) is 4.36. The molecule has 1 aromatic rings. The molecule has 1 N–H and O–H groups in total. The molecule has 0 aromatic heterocycles. The van der Waals surface area contributed by atoms with Crippen LogP contribution in [0, 0.1) is 5.92 Å². The molecule has 1 aliphatic rings. The Morgan fingerprint density at radius 2 is 2.22 bits per heavy atom. The van der Waals surface area contributed by atoms with Gasteiger partial charge in [-0.1, -0.05) is 33.6 Å². The zero-order valence-electron chi connectivity index (χ0n) is 9.99. The number of rotatable bonds is 3.